The molecule has 0 saturated carbocycles. The van der Waals surface area contributed by atoms with E-state index in [1.807, 2.05) is 6.92 Å². The number of hydrogen-bond acceptors (Lipinski definition) is 3. The molecule has 120 valence electrons. The Labute approximate surface area is 138 Å². The lowest BCUT2D eigenvalue weighted by Crippen LogP contribution is -2.33. The number of hydrazone groups is 1. The second kappa shape index (κ2) is 7.74. The number of nitrogens with zero attached hydrogens (tertiary/aromatic N) is 1. The van der Waals surface area contributed by atoms with Crippen LogP contribution in [0.1, 0.15) is 18.1 Å². The van der Waals surface area contributed by atoms with Crippen molar-refractivity contribution in [2.75, 3.05) is 0 Å². The first kappa shape index (κ1) is 17.0. The van der Waals surface area contributed by atoms with Gasteiger partial charge in [0, 0.05) is 5.02 Å². The van der Waals surface area contributed by atoms with Gasteiger partial charge in [-0.25, -0.2) is 9.82 Å². The Morgan fingerprint density at radius 3 is 2.65 bits per heavy atom. The SMILES string of the molecule is Cc1cc(Cl)ccc1OC(C)C(=O)N/N=C/c1ccc(F)cc1. The number of nitrogens with one attached hydrogen (secondary N) is 1. The molecule has 0 spiro atoms. The van der Waals surface area contributed by atoms with Crippen molar-refractivity contribution < 1.29 is 13.9 Å². The second-order valence-corrected chi connectivity index (χ2v) is 5.39. The van der Waals surface area contributed by atoms with Crippen LogP contribution in [0.2, 0.25) is 5.02 Å². The first-order valence-electron chi connectivity index (χ1n) is 6.97. The number of aryl methyl sites for hydroxylation is 1. The fourth-order valence-electron chi connectivity index (χ4n) is 1.80. The standard InChI is InChI=1S/C17H16ClFN2O2/c1-11-9-14(18)5-8-16(11)23-12(2)17(22)21-20-10-13-3-6-15(19)7-4-13/h3-10,12H,1-2H3,(H,21,22)/b20-10+. The highest BCUT2D eigenvalue weighted by Crippen LogP contribution is 2.22. The molecule has 1 amide bonds. The van der Waals surface area contributed by atoms with Gasteiger partial charge in [-0.3, -0.25) is 4.79 Å². The summed E-state index contributed by atoms with van der Waals surface area (Å²) in [5, 5.41) is 4.43. The molecule has 1 atom stereocenters. The quantitative estimate of drug-likeness (QED) is 0.669. The molecule has 2 rings (SSSR count). The maximum absolute atomic E-state index is 12.8. The summed E-state index contributed by atoms with van der Waals surface area (Å²) in [6.07, 6.45) is 0.706. The summed E-state index contributed by atoms with van der Waals surface area (Å²) in [5.74, 6) is -0.135. The summed E-state index contributed by atoms with van der Waals surface area (Å²) in [4.78, 5) is 11.9. The van der Waals surface area contributed by atoms with Crippen LogP contribution in [0, 0.1) is 12.7 Å². The minimum absolute atomic E-state index is 0.327. The summed E-state index contributed by atoms with van der Waals surface area (Å²) in [5.41, 5.74) is 3.90. The Bertz CT molecular complexity index is 717. The van der Waals surface area contributed by atoms with E-state index in [0.717, 1.165) is 5.56 Å². The van der Waals surface area contributed by atoms with Crippen LogP contribution in [0.25, 0.3) is 0 Å². The lowest BCUT2D eigenvalue weighted by molar-refractivity contribution is -0.127. The van der Waals surface area contributed by atoms with Crippen LogP contribution in [0.15, 0.2) is 47.6 Å². The van der Waals surface area contributed by atoms with Gasteiger partial charge in [-0.15, -0.1) is 0 Å². The number of carbonyl (C=O) groups is 1. The molecule has 0 radical (unpaired) electrons. The third kappa shape index (κ3) is 5.07. The Morgan fingerprint density at radius 1 is 1.30 bits per heavy atom. The highest BCUT2D eigenvalue weighted by atomic mass is 35.5. The summed E-state index contributed by atoms with van der Waals surface area (Å²) >= 11 is 5.88. The van der Waals surface area contributed by atoms with E-state index in [2.05, 4.69) is 10.5 Å². The van der Waals surface area contributed by atoms with E-state index in [4.69, 9.17) is 16.3 Å². The lowest BCUT2D eigenvalue weighted by atomic mass is 10.2. The maximum Gasteiger partial charge on any atom is 0.280 e. The van der Waals surface area contributed by atoms with Crippen molar-refractivity contribution >= 4 is 23.7 Å². The summed E-state index contributed by atoms with van der Waals surface area (Å²) < 4.78 is 18.4. The topological polar surface area (TPSA) is 50.7 Å². The van der Waals surface area contributed by atoms with Gasteiger partial charge >= 0.3 is 0 Å². The molecule has 0 fully saturated rings. The van der Waals surface area contributed by atoms with Gasteiger partial charge in [-0.1, -0.05) is 23.7 Å². The number of halogens is 2. The number of amides is 1. The van der Waals surface area contributed by atoms with E-state index in [-0.39, 0.29) is 5.82 Å². The van der Waals surface area contributed by atoms with Gasteiger partial charge in [0.15, 0.2) is 6.10 Å². The van der Waals surface area contributed by atoms with Gasteiger partial charge in [0.1, 0.15) is 11.6 Å². The van der Waals surface area contributed by atoms with Gasteiger partial charge < -0.3 is 4.74 Å². The van der Waals surface area contributed by atoms with Crippen LogP contribution in [-0.2, 0) is 4.79 Å². The normalized spacial score (nSPS) is 12.2. The molecule has 0 heterocycles. The van der Waals surface area contributed by atoms with Crippen LogP contribution >= 0.6 is 11.6 Å². The van der Waals surface area contributed by atoms with Crippen molar-refractivity contribution in [1.82, 2.24) is 5.43 Å². The molecule has 0 bridgehead atoms. The average molecular weight is 335 g/mol. The molecule has 6 heteroatoms. The summed E-state index contributed by atoms with van der Waals surface area (Å²) in [6, 6.07) is 10.9. The Kier molecular flexibility index (Phi) is 5.71. The van der Waals surface area contributed by atoms with E-state index in [1.54, 1.807) is 37.3 Å². The highest BCUT2D eigenvalue weighted by molar-refractivity contribution is 6.30. The molecular formula is C17H16ClFN2O2. The fourth-order valence-corrected chi connectivity index (χ4v) is 2.03. The summed E-state index contributed by atoms with van der Waals surface area (Å²) in [7, 11) is 0. The molecule has 23 heavy (non-hydrogen) atoms. The van der Waals surface area contributed by atoms with Gasteiger partial charge in [-0.05, 0) is 55.3 Å². The Balaban J connectivity index is 1.90. The average Bonchev–Trinajstić information content (AvgIpc) is 2.51. The monoisotopic (exact) mass is 334 g/mol. The second-order valence-electron chi connectivity index (χ2n) is 4.96. The van der Waals surface area contributed by atoms with Gasteiger partial charge in [0.05, 0.1) is 6.21 Å². The van der Waals surface area contributed by atoms with Crippen molar-refractivity contribution in [1.29, 1.82) is 0 Å². The summed E-state index contributed by atoms with van der Waals surface area (Å²) in [6.45, 7) is 3.47. The minimum Gasteiger partial charge on any atom is -0.481 e. The molecule has 4 nitrogen and oxygen atoms in total. The van der Waals surface area contributed by atoms with Gasteiger partial charge in [0.2, 0.25) is 0 Å². The zero-order valence-corrected chi connectivity index (χ0v) is 13.5. The Morgan fingerprint density at radius 2 is 2.00 bits per heavy atom. The largest absolute Gasteiger partial charge is 0.481 e. The Hall–Kier alpha value is -2.40. The van der Waals surface area contributed by atoms with Crippen molar-refractivity contribution in [3.8, 4) is 5.75 Å². The molecular weight excluding hydrogens is 319 g/mol. The van der Waals surface area contributed by atoms with Crippen LogP contribution in [0.4, 0.5) is 4.39 Å². The third-order valence-corrected chi connectivity index (χ3v) is 3.30. The lowest BCUT2D eigenvalue weighted by Gasteiger charge is -2.14. The predicted octanol–water partition coefficient (Wildman–Crippen LogP) is 3.71. The molecule has 1 N–H and O–H groups in total. The molecule has 2 aromatic rings. The van der Waals surface area contributed by atoms with Crippen molar-refractivity contribution in [2.45, 2.75) is 20.0 Å². The predicted molar refractivity (Wildman–Crippen MR) is 88.4 cm³/mol. The third-order valence-electron chi connectivity index (χ3n) is 3.07. The molecule has 0 aliphatic rings. The zero-order chi connectivity index (χ0) is 16.8. The molecule has 0 saturated heterocycles. The maximum atomic E-state index is 12.8. The molecule has 0 aromatic heterocycles. The van der Waals surface area contributed by atoms with Gasteiger partial charge in [-0.2, -0.15) is 5.10 Å². The highest BCUT2D eigenvalue weighted by Gasteiger charge is 2.15. The fraction of sp³-hybridized carbons (Fsp3) is 0.176. The minimum atomic E-state index is -0.722. The number of rotatable bonds is 5. The molecule has 2 aromatic carbocycles. The van der Waals surface area contributed by atoms with E-state index >= 15 is 0 Å². The van der Waals surface area contributed by atoms with Crippen LogP contribution in [0.5, 0.6) is 5.75 Å². The first-order chi connectivity index (χ1) is 11.0. The van der Waals surface area contributed by atoms with E-state index in [0.29, 0.717) is 16.3 Å². The first-order valence-corrected chi connectivity index (χ1v) is 7.35. The number of carbonyl (C=O) groups excluding carboxylic acids is 1. The van der Waals surface area contributed by atoms with Gasteiger partial charge in [0.25, 0.3) is 5.91 Å². The van der Waals surface area contributed by atoms with Crippen LogP contribution in [-0.4, -0.2) is 18.2 Å². The number of benzene rings is 2. The molecule has 0 aliphatic heterocycles. The van der Waals surface area contributed by atoms with E-state index < -0.39 is 12.0 Å². The number of ether oxygens (including phenoxy) is 1. The molecule has 1 unspecified atom stereocenters. The van der Waals surface area contributed by atoms with E-state index in [1.165, 1.54) is 18.3 Å². The van der Waals surface area contributed by atoms with Crippen molar-refractivity contribution in [3.05, 3.63) is 64.4 Å². The zero-order valence-electron chi connectivity index (χ0n) is 12.7. The smallest absolute Gasteiger partial charge is 0.280 e. The van der Waals surface area contributed by atoms with Crippen molar-refractivity contribution in [2.24, 2.45) is 5.10 Å². The van der Waals surface area contributed by atoms with Crippen molar-refractivity contribution in [3.63, 3.8) is 0 Å². The van der Waals surface area contributed by atoms with Crippen LogP contribution in [0.3, 0.4) is 0 Å². The number of hydrogen-bond donors (Lipinski definition) is 1. The van der Waals surface area contributed by atoms with Crippen LogP contribution < -0.4 is 10.2 Å². The molecule has 0 aliphatic carbocycles. The van der Waals surface area contributed by atoms with E-state index in [9.17, 15) is 9.18 Å².